The molecular weight excluding hydrogens is 368 g/mol. The smallest absolute Gasteiger partial charge is 0.318 e. The standard InChI is InChI=1S/C19H21F2N5O2/c1-11-10-25(19-24-23-12(2)28-19)6-4-16(11)18(27)26-17(3-5-22-26)13-7-14(20)9-15(21)8-13/h5,7-9,11,16-17H,3-4,6,10H2,1-2H3/t11-,16-,17-/m0/s1. The molecule has 1 amide bonds. The monoisotopic (exact) mass is 389 g/mol. The molecule has 148 valence electrons. The molecule has 3 atom stereocenters. The molecule has 9 heteroatoms. The lowest BCUT2D eigenvalue weighted by atomic mass is 9.85. The molecule has 2 aromatic rings. The molecule has 4 rings (SSSR count). The number of nitrogens with zero attached hydrogens (tertiary/aromatic N) is 5. The average molecular weight is 389 g/mol. The number of aromatic nitrogens is 2. The van der Waals surface area contributed by atoms with Gasteiger partial charge in [0.2, 0.25) is 11.8 Å². The van der Waals surface area contributed by atoms with E-state index in [2.05, 4.69) is 15.3 Å². The van der Waals surface area contributed by atoms with Crippen molar-refractivity contribution in [3.8, 4) is 0 Å². The first-order chi connectivity index (χ1) is 13.4. The van der Waals surface area contributed by atoms with E-state index < -0.39 is 17.7 Å². The SMILES string of the molecule is Cc1nnc(N2CC[C@H](C(=O)N3N=CC[C@H]3c3cc(F)cc(F)c3)[C@@H](C)C2)o1. The summed E-state index contributed by atoms with van der Waals surface area (Å²) in [5.74, 6) is -1.16. The lowest BCUT2D eigenvalue weighted by Crippen LogP contribution is -2.46. The first-order valence-corrected chi connectivity index (χ1v) is 9.29. The first-order valence-electron chi connectivity index (χ1n) is 9.29. The lowest BCUT2D eigenvalue weighted by Gasteiger charge is -2.37. The molecule has 0 N–H and O–H groups in total. The molecule has 3 heterocycles. The predicted molar refractivity (Wildman–Crippen MR) is 97.6 cm³/mol. The number of amides is 1. The van der Waals surface area contributed by atoms with Crippen LogP contribution in [0, 0.1) is 30.4 Å². The summed E-state index contributed by atoms with van der Waals surface area (Å²) < 4.78 is 32.7. The highest BCUT2D eigenvalue weighted by Crippen LogP contribution is 2.34. The number of hydrogen-bond acceptors (Lipinski definition) is 6. The summed E-state index contributed by atoms with van der Waals surface area (Å²) in [6.07, 6.45) is 2.66. The van der Waals surface area contributed by atoms with Crippen LogP contribution < -0.4 is 4.90 Å². The molecule has 1 fully saturated rings. The zero-order chi connectivity index (χ0) is 19.8. The molecule has 0 spiro atoms. The van der Waals surface area contributed by atoms with Crippen molar-refractivity contribution in [2.24, 2.45) is 16.9 Å². The Morgan fingerprint density at radius 2 is 1.96 bits per heavy atom. The number of anilines is 1. The summed E-state index contributed by atoms with van der Waals surface area (Å²) in [6.45, 7) is 4.94. The van der Waals surface area contributed by atoms with Crippen LogP contribution in [0.3, 0.4) is 0 Å². The van der Waals surface area contributed by atoms with Gasteiger partial charge in [-0.3, -0.25) is 4.79 Å². The van der Waals surface area contributed by atoms with Gasteiger partial charge in [0.15, 0.2) is 0 Å². The number of carbonyl (C=O) groups excluding carboxylic acids is 1. The van der Waals surface area contributed by atoms with E-state index in [0.717, 1.165) is 6.07 Å². The molecule has 0 saturated carbocycles. The van der Waals surface area contributed by atoms with Crippen LogP contribution >= 0.6 is 0 Å². The van der Waals surface area contributed by atoms with Crippen LogP contribution in [0.5, 0.6) is 0 Å². The predicted octanol–water partition coefficient (Wildman–Crippen LogP) is 3.08. The highest BCUT2D eigenvalue weighted by Gasteiger charge is 2.39. The minimum atomic E-state index is -0.661. The van der Waals surface area contributed by atoms with Gasteiger partial charge in [-0.05, 0) is 30.0 Å². The van der Waals surface area contributed by atoms with Crippen LogP contribution in [0.2, 0.25) is 0 Å². The molecule has 2 aliphatic rings. The maximum atomic E-state index is 13.6. The van der Waals surface area contributed by atoms with Crippen molar-refractivity contribution in [1.29, 1.82) is 0 Å². The van der Waals surface area contributed by atoms with E-state index in [0.29, 0.717) is 43.4 Å². The van der Waals surface area contributed by atoms with E-state index in [4.69, 9.17) is 4.42 Å². The number of rotatable bonds is 3. The molecule has 0 aliphatic carbocycles. The van der Waals surface area contributed by atoms with Gasteiger partial charge < -0.3 is 9.32 Å². The maximum absolute atomic E-state index is 13.6. The largest absolute Gasteiger partial charge is 0.408 e. The Kier molecular flexibility index (Phi) is 4.82. The molecule has 0 radical (unpaired) electrons. The fraction of sp³-hybridized carbons (Fsp3) is 0.474. The second-order valence-electron chi connectivity index (χ2n) is 7.36. The minimum absolute atomic E-state index is 0.0363. The number of halogens is 2. The highest BCUT2D eigenvalue weighted by atomic mass is 19.1. The minimum Gasteiger partial charge on any atom is -0.408 e. The van der Waals surface area contributed by atoms with Crippen LogP contribution in [0.4, 0.5) is 14.8 Å². The van der Waals surface area contributed by atoms with E-state index in [9.17, 15) is 13.6 Å². The number of hydrogen-bond donors (Lipinski definition) is 0. The summed E-state index contributed by atoms with van der Waals surface area (Å²) in [6, 6.07) is 3.31. The molecule has 7 nitrogen and oxygen atoms in total. The molecule has 1 aromatic carbocycles. The van der Waals surface area contributed by atoms with E-state index in [-0.39, 0.29) is 17.7 Å². The summed E-state index contributed by atoms with van der Waals surface area (Å²) in [4.78, 5) is 15.1. The van der Waals surface area contributed by atoms with Gasteiger partial charge in [0.1, 0.15) is 11.6 Å². The molecular formula is C19H21F2N5O2. The van der Waals surface area contributed by atoms with Crippen LogP contribution in [0.25, 0.3) is 0 Å². The molecule has 1 aromatic heterocycles. The van der Waals surface area contributed by atoms with E-state index in [1.165, 1.54) is 17.1 Å². The van der Waals surface area contributed by atoms with Crippen molar-refractivity contribution >= 4 is 18.1 Å². The van der Waals surface area contributed by atoms with Crippen molar-refractivity contribution in [3.63, 3.8) is 0 Å². The maximum Gasteiger partial charge on any atom is 0.318 e. The Morgan fingerprint density at radius 1 is 1.21 bits per heavy atom. The third-order valence-corrected chi connectivity index (χ3v) is 5.33. The first kappa shape index (κ1) is 18.5. The zero-order valence-electron chi connectivity index (χ0n) is 15.7. The number of hydrazone groups is 1. The Bertz CT molecular complexity index is 895. The second-order valence-corrected chi connectivity index (χ2v) is 7.36. The summed E-state index contributed by atoms with van der Waals surface area (Å²) in [5, 5.41) is 13.5. The fourth-order valence-electron chi connectivity index (χ4n) is 3.94. The van der Waals surface area contributed by atoms with E-state index in [1.54, 1.807) is 13.1 Å². The molecule has 28 heavy (non-hydrogen) atoms. The highest BCUT2D eigenvalue weighted by molar-refractivity contribution is 5.82. The van der Waals surface area contributed by atoms with Crippen LogP contribution in [0.15, 0.2) is 27.7 Å². The average Bonchev–Trinajstić information content (AvgIpc) is 3.29. The van der Waals surface area contributed by atoms with Crippen LogP contribution in [-0.4, -0.2) is 40.4 Å². The van der Waals surface area contributed by atoms with Gasteiger partial charge in [0, 0.05) is 44.6 Å². The Hall–Kier alpha value is -2.84. The van der Waals surface area contributed by atoms with Crippen molar-refractivity contribution in [2.45, 2.75) is 32.7 Å². The quantitative estimate of drug-likeness (QED) is 0.807. The van der Waals surface area contributed by atoms with Crippen molar-refractivity contribution in [2.75, 3.05) is 18.0 Å². The van der Waals surface area contributed by atoms with E-state index >= 15 is 0 Å². The number of aryl methyl sites for hydroxylation is 1. The summed E-state index contributed by atoms with van der Waals surface area (Å²) in [5.41, 5.74) is 0.412. The number of benzene rings is 1. The lowest BCUT2D eigenvalue weighted by molar-refractivity contribution is -0.139. The topological polar surface area (TPSA) is 74.8 Å². The number of carbonyl (C=O) groups is 1. The van der Waals surface area contributed by atoms with E-state index in [1.807, 2.05) is 11.8 Å². The van der Waals surface area contributed by atoms with Crippen molar-refractivity contribution in [1.82, 2.24) is 15.2 Å². The number of piperidine rings is 1. The van der Waals surface area contributed by atoms with Gasteiger partial charge in [-0.25, -0.2) is 13.8 Å². The molecule has 1 saturated heterocycles. The van der Waals surface area contributed by atoms with Gasteiger partial charge in [-0.1, -0.05) is 12.0 Å². The molecule has 2 aliphatic heterocycles. The van der Waals surface area contributed by atoms with Gasteiger partial charge in [0.05, 0.1) is 6.04 Å². The fourth-order valence-corrected chi connectivity index (χ4v) is 3.94. The van der Waals surface area contributed by atoms with Crippen LogP contribution in [-0.2, 0) is 4.79 Å². The Balaban J connectivity index is 1.48. The normalized spacial score (nSPS) is 24.8. The zero-order valence-corrected chi connectivity index (χ0v) is 15.7. The Labute approximate surface area is 161 Å². The van der Waals surface area contributed by atoms with Gasteiger partial charge in [-0.15, -0.1) is 5.10 Å². The second kappa shape index (κ2) is 7.29. The molecule has 0 unspecified atom stereocenters. The van der Waals surface area contributed by atoms with Crippen molar-refractivity contribution < 1.29 is 18.0 Å². The van der Waals surface area contributed by atoms with Gasteiger partial charge in [-0.2, -0.15) is 5.10 Å². The third-order valence-electron chi connectivity index (χ3n) is 5.33. The Morgan fingerprint density at radius 3 is 2.61 bits per heavy atom. The third kappa shape index (κ3) is 3.48. The van der Waals surface area contributed by atoms with Gasteiger partial charge in [0.25, 0.3) is 0 Å². The molecule has 0 bridgehead atoms. The van der Waals surface area contributed by atoms with Crippen LogP contribution in [0.1, 0.15) is 37.3 Å². The summed E-state index contributed by atoms with van der Waals surface area (Å²) in [7, 11) is 0. The summed E-state index contributed by atoms with van der Waals surface area (Å²) >= 11 is 0. The van der Waals surface area contributed by atoms with Crippen molar-refractivity contribution in [3.05, 3.63) is 41.3 Å². The van der Waals surface area contributed by atoms with Gasteiger partial charge >= 0.3 is 6.01 Å².